The van der Waals surface area contributed by atoms with Gasteiger partial charge in [-0.05, 0) is 18.2 Å². The number of nitriles is 1. The first kappa shape index (κ1) is 18.1. The second-order valence-corrected chi connectivity index (χ2v) is 5.91. The highest BCUT2D eigenvalue weighted by Gasteiger charge is 2.27. The molecule has 9 heteroatoms. The van der Waals surface area contributed by atoms with Gasteiger partial charge >= 0.3 is 0 Å². The van der Waals surface area contributed by atoms with E-state index in [-0.39, 0.29) is 17.2 Å². The van der Waals surface area contributed by atoms with Gasteiger partial charge in [0.05, 0.1) is 23.2 Å². The van der Waals surface area contributed by atoms with Crippen LogP contribution in [0.3, 0.4) is 0 Å². The minimum atomic E-state index is -0.543. The van der Waals surface area contributed by atoms with Gasteiger partial charge in [0.25, 0.3) is 11.6 Å². The van der Waals surface area contributed by atoms with Crippen LogP contribution in [-0.4, -0.2) is 54.0 Å². The summed E-state index contributed by atoms with van der Waals surface area (Å²) in [7, 11) is 1.42. The van der Waals surface area contributed by atoms with Crippen molar-refractivity contribution >= 4 is 17.4 Å². The molecule has 2 heterocycles. The zero-order chi connectivity index (χ0) is 19.4. The fraction of sp³-hybridized carbons (Fsp3) is 0.278. The summed E-state index contributed by atoms with van der Waals surface area (Å²) in [6.45, 7) is 1.83. The van der Waals surface area contributed by atoms with Crippen molar-refractivity contribution in [2.24, 2.45) is 0 Å². The molecule has 1 amide bonds. The maximum Gasteiger partial charge on any atom is 0.270 e. The number of methoxy groups -OCH3 is 1. The molecular formula is C18H17N5O4. The van der Waals surface area contributed by atoms with Crippen LogP contribution in [0, 0.1) is 21.4 Å². The number of benzene rings is 1. The Balaban J connectivity index is 1.77. The van der Waals surface area contributed by atoms with E-state index in [2.05, 4.69) is 11.1 Å². The highest BCUT2D eigenvalue weighted by atomic mass is 16.6. The number of carbonyl (C=O) groups excluding carboxylic acids is 1. The molecule has 0 unspecified atom stereocenters. The Morgan fingerprint density at radius 2 is 2.04 bits per heavy atom. The summed E-state index contributed by atoms with van der Waals surface area (Å²) in [5, 5.41) is 20.2. The monoisotopic (exact) mass is 367 g/mol. The van der Waals surface area contributed by atoms with Crippen molar-refractivity contribution in [2.45, 2.75) is 0 Å². The fourth-order valence-electron chi connectivity index (χ4n) is 3.00. The van der Waals surface area contributed by atoms with Crippen LogP contribution in [-0.2, 0) is 0 Å². The van der Waals surface area contributed by atoms with Gasteiger partial charge in [0.15, 0.2) is 0 Å². The van der Waals surface area contributed by atoms with Crippen molar-refractivity contribution in [1.82, 2.24) is 9.88 Å². The number of piperazine rings is 1. The predicted octanol–water partition coefficient (Wildman–Crippen LogP) is 1.83. The molecule has 0 bridgehead atoms. The van der Waals surface area contributed by atoms with Gasteiger partial charge in [0, 0.05) is 44.5 Å². The summed E-state index contributed by atoms with van der Waals surface area (Å²) in [6, 6.07) is 9.49. The number of amides is 1. The number of rotatable bonds is 4. The van der Waals surface area contributed by atoms with E-state index in [0.717, 1.165) is 0 Å². The van der Waals surface area contributed by atoms with Gasteiger partial charge in [-0.15, -0.1) is 0 Å². The maximum atomic E-state index is 12.9. The SMILES string of the molecule is COc1ccc([N+](=O)[O-])cc1C(=O)N1CCN(c2ncccc2C#N)CC1. The summed E-state index contributed by atoms with van der Waals surface area (Å²) in [4.78, 5) is 31.2. The molecule has 2 aromatic rings. The molecule has 0 atom stereocenters. The number of hydrogen-bond acceptors (Lipinski definition) is 7. The molecule has 0 aliphatic carbocycles. The number of ether oxygens (including phenoxy) is 1. The molecule has 0 saturated carbocycles. The lowest BCUT2D eigenvalue weighted by atomic mass is 10.1. The molecule has 27 heavy (non-hydrogen) atoms. The molecule has 138 valence electrons. The Labute approximate surface area is 155 Å². The number of nitro groups is 1. The average molecular weight is 367 g/mol. The molecule has 9 nitrogen and oxygen atoms in total. The quantitative estimate of drug-likeness (QED) is 0.598. The van der Waals surface area contributed by atoms with E-state index in [1.807, 2.05) is 4.90 Å². The molecule has 1 aromatic carbocycles. The lowest BCUT2D eigenvalue weighted by molar-refractivity contribution is -0.384. The van der Waals surface area contributed by atoms with Crippen LogP contribution in [0.5, 0.6) is 5.75 Å². The van der Waals surface area contributed by atoms with E-state index < -0.39 is 4.92 Å². The van der Waals surface area contributed by atoms with Crippen molar-refractivity contribution in [1.29, 1.82) is 5.26 Å². The Morgan fingerprint density at radius 1 is 1.30 bits per heavy atom. The van der Waals surface area contributed by atoms with E-state index in [1.54, 1.807) is 23.2 Å². The molecule has 0 spiro atoms. The van der Waals surface area contributed by atoms with Crippen LogP contribution < -0.4 is 9.64 Å². The first-order valence-corrected chi connectivity index (χ1v) is 8.27. The van der Waals surface area contributed by atoms with Gasteiger partial charge in [-0.25, -0.2) is 4.98 Å². The molecule has 3 rings (SSSR count). The second kappa shape index (κ2) is 7.70. The Hall–Kier alpha value is -3.67. The molecule has 0 N–H and O–H groups in total. The van der Waals surface area contributed by atoms with Gasteiger partial charge in [-0.3, -0.25) is 14.9 Å². The van der Waals surface area contributed by atoms with E-state index in [1.165, 1.54) is 25.3 Å². The standard InChI is InChI=1S/C18H17N5O4/c1-27-16-5-4-14(23(25)26)11-15(16)18(24)22-9-7-21(8-10-22)17-13(12-19)3-2-6-20-17/h2-6,11H,7-10H2,1H3. The summed E-state index contributed by atoms with van der Waals surface area (Å²) in [6.07, 6.45) is 1.63. The molecule has 1 aromatic heterocycles. The minimum absolute atomic E-state index is 0.162. The summed E-state index contributed by atoms with van der Waals surface area (Å²) < 4.78 is 5.19. The normalized spacial score (nSPS) is 13.8. The van der Waals surface area contributed by atoms with Crippen molar-refractivity contribution in [3.63, 3.8) is 0 Å². The zero-order valence-electron chi connectivity index (χ0n) is 14.7. The van der Waals surface area contributed by atoms with E-state index in [9.17, 15) is 20.2 Å². The topological polar surface area (TPSA) is 113 Å². The Bertz CT molecular complexity index is 916. The van der Waals surface area contributed by atoms with Gasteiger partial charge in [-0.1, -0.05) is 0 Å². The Morgan fingerprint density at radius 3 is 2.67 bits per heavy atom. The highest BCUT2D eigenvalue weighted by molar-refractivity contribution is 5.97. The number of carbonyl (C=O) groups is 1. The van der Waals surface area contributed by atoms with Crippen LogP contribution in [0.15, 0.2) is 36.5 Å². The summed E-state index contributed by atoms with van der Waals surface area (Å²) in [5.74, 6) is 0.571. The summed E-state index contributed by atoms with van der Waals surface area (Å²) >= 11 is 0. The Kier molecular flexibility index (Phi) is 5.17. The first-order chi connectivity index (χ1) is 13.0. The third kappa shape index (κ3) is 3.64. The van der Waals surface area contributed by atoms with Gasteiger partial charge in [0.1, 0.15) is 17.6 Å². The second-order valence-electron chi connectivity index (χ2n) is 5.91. The largest absolute Gasteiger partial charge is 0.496 e. The van der Waals surface area contributed by atoms with Crippen molar-refractivity contribution < 1.29 is 14.5 Å². The molecule has 1 aliphatic rings. The van der Waals surface area contributed by atoms with E-state index >= 15 is 0 Å². The molecule has 0 radical (unpaired) electrons. The molecule has 1 fully saturated rings. The van der Waals surface area contributed by atoms with Crippen molar-refractivity contribution in [3.8, 4) is 11.8 Å². The zero-order valence-corrected chi connectivity index (χ0v) is 14.7. The average Bonchev–Trinajstić information content (AvgIpc) is 2.72. The number of hydrogen-bond donors (Lipinski definition) is 0. The predicted molar refractivity (Wildman–Crippen MR) is 96.7 cm³/mol. The number of pyridine rings is 1. The minimum Gasteiger partial charge on any atom is -0.496 e. The highest BCUT2D eigenvalue weighted by Crippen LogP contribution is 2.26. The van der Waals surface area contributed by atoms with E-state index in [4.69, 9.17) is 4.74 Å². The number of nitrogens with zero attached hydrogens (tertiary/aromatic N) is 5. The number of anilines is 1. The van der Waals surface area contributed by atoms with Gasteiger partial charge in [0.2, 0.25) is 0 Å². The third-order valence-electron chi connectivity index (χ3n) is 4.40. The maximum absolute atomic E-state index is 12.9. The molecule has 1 saturated heterocycles. The van der Waals surface area contributed by atoms with E-state index in [0.29, 0.717) is 43.3 Å². The number of aromatic nitrogens is 1. The number of nitro benzene ring substituents is 1. The lowest BCUT2D eigenvalue weighted by Gasteiger charge is -2.35. The lowest BCUT2D eigenvalue weighted by Crippen LogP contribution is -2.49. The smallest absolute Gasteiger partial charge is 0.270 e. The van der Waals surface area contributed by atoms with Crippen LogP contribution in [0.25, 0.3) is 0 Å². The van der Waals surface area contributed by atoms with Crippen molar-refractivity contribution in [3.05, 3.63) is 57.8 Å². The van der Waals surface area contributed by atoms with Crippen LogP contribution in [0.1, 0.15) is 15.9 Å². The van der Waals surface area contributed by atoms with Crippen LogP contribution >= 0.6 is 0 Å². The van der Waals surface area contributed by atoms with Gasteiger partial charge in [-0.2, -0.15) is 5.26 Å². The summed E-state index contributed by atoms with van der Waals surface area (Å²) in [5.41, 5.74) is 0.485. The first-order valence-electron chi connectivity index (χ1n) is 8.27. The van der Waals surface area contributed by atoms with Crippen molar-refractivity contribution in [2.75, 3.05) is 38.2 Å². The van der Waals surface area contributed by atoms with Crippen LogP contribution in [0.2, 0.25) is 0 Å². The fourth-order valence-corrected chi connectivity index (χ4v) is 3.00. The number of non-ortho nitro benzene ring substituents is 1. The molecular weight excluding hydrogens is 350 g/mol. The molecule has 1 aliphatic heterocycles. The van der Waals surface area contributed by atoms with Gasteiger partial charge < -0.3 is 14.5 Å². The third-order valence-corrected chi connectivity index (χ3v) is 4.40. The van der Waals surface area contributed by atoms with Crippen LogP contribution in [0.4, 0.5) is 11.5 Å².